The third-order valence-electron chi connectivity index (χ3n) is 4.17. The molecule has 1 N–H and O–H groups in total. The number of nitrogens with one attached hydrogen (secondary N) is 1. The Kier molecular flexibility index (Phi) is 10.9. The second-order valence-corrected chi connectivity index (χ2v) is 6.15. The quantitative estimate of drug-likeness (QED) is 0.531. The van der Waals surface area contributed by atoms with Gasteiger partial charge in [0, 0.05) is 5.69 Å². The highest BCUT2D eigenvalue weighted by molar-refractivity contribution is 5.92. The van der Waals surface area contributed by atoms with E-state index in [1.165, 1.54) is 32.1 Å². The van der Waals surface area contributed by atoms with Crippen LogP contribution >= 0.6 is 0 Å². The Hall–Kier alpha value is -1.55. The van der Waals surface area contributed by atoms with Crippen LogP contribution in [-0.2, 0) is 4.79 Å². The summed E-state index contributed by atoms with van der Waals surface area (Å²) in [5, 5.41) is 2.93. The van der Waals surface area contributed by atoms with E-state index in [4.69, 9.17) is 4.74 Å². The molecule has 0 aliphatic rings. The summed E-state index contributed by atoms with van der Waals surface area (Å²) < 4.78 is 5.75. The lowest BCUT2D eigenvalue weighted by Gasteiger charge is -2.17. The molecule has 0 saturated heterocycles. The molecule has 0 spiro atoms. The van der Waals surface area contributed by atoms with Gasteiger partial charge in [-0.25, -0.2) is 0 Å². The first-order valence-electron chi connectivity index (χ1n) is 9.44. The molecule has 0 atom stereocenters. The minimum absolute atomic E-state index is 0.0273. The van der Waals surface area contributed by atoms with Crippen molar-refractivity contribution < 1.29 is 9.53 Å². The third-order valence-corrected chi connectivity index (χ3v) is 4.17. The van der Waals surface area contributed by atoms with Gasteiger partial charge in [-0.05, 0) is 43.8 Å². The van der Waals surface area contributed by atoms with Crippen molar-refractivity contribution in [1.29, 1.82) is 0 Å². The van der Waals surface area contributed by atoms with Gasteiger partial charge in [-0.15, -0.1) is 0 Å². The molecule has 0 fully saturated rings. The summed E-state index contributed by atoms with van der Waals surface area (Å²) in [6.07, 6.45) is 7.59. The molecule has 1 aromatic carbocycles. The summed E-state index contributed by atoms with van der Waals surface area (Å²) in [4.78, 5) is 14.1. The number of hydrogen-bond donors (Lipinski definition) is 1. The van der Waals surface area contributed by atoms with Crippen LogP contribution in [0.2, 0.25) is 0 Å². The summed E-state index contributed by atoms with van der Waals surface area (Å²) in [7, 11) is 0. The first-order chi connectivity index (χ1) is 11.7. The molecule has 1 amide bonds. The number of unbranched alkanes of at least 4 members (excludes halogenated alkanes) is 5. The van der Waals surface area contributed by atoms with E-state index in [9.17, 15) is 4.79 Å². The van der Waals surface area contributed by atoms with Gasteiger partial charge in [0.1, 0.15) is 5.75 Å². The first kappa shape index (κ1) is 20.5. The number of benzene rings is 1. The van der Waals surface area contributed by atoms with Gasteiger partial charge in [0.2, 0.25) is 5.91 Å². The standard InChI is InChI=1S/C20H34N2O2/c1-4-7-8-9-10-11-16-24-19-14-12-18(13-15-19)21-20(23)17-22(5-2)6-3/h12-15H,4-11,16-17H2,1-3H3,(H,21,23). The fraction of sp³-hybridized carbons (Fsp3) is 0.650. The van der Waals surface area contributed by atoms with Crippen LogP contribution in [0.15, 0.2) is 24.3 Å². The zero-order chi connectivity index (χ0) is 17.6. The number of carbonyl (C=O) groups is 1. The second-order valence-electron chi connectivity index (χ2n) is 6.15. The normalized spacial score (nSPS) is 10.8. The van der Waals surface area contributed by atoms with E-state index in [-0.39, 0.29) is 5.91 Å². The summed E-state index contributed by atoms with van der Waals surface area (Å²) in [6.45, 7) is 9.33. The van der Waals surface area contributed by atoms with Crippen LogP contribution in [0.5, 0.6) is 5.75 Å². The van der Waals surface area contributed by atoms with Crippen LogP contribution < -0.4 is 10.1 Å². The second kappa shape index (κ2) is 12.8. The number of amides is 1. The van der Waals surface area contributed by atoms with Crippen molar-refractivity contribution in [2.45, 2.75) is 59.3 Å². The van der Waals surface area contributed by atoms with Crippen LogP contribution in [0.3, 0.4) is 0 Å². The molecule has 1 rings (SSSR count). The highest BCUT2D eigenvalue weighted by Gasteiger charge is 2.07. The van der Waals surface area contributed by atoms with Gasteiger partial charge in [0.05, 0.1) is 13.2 Å². The highest BCUT2D eigenvalue weighted by Crippen LogP contribution is 2.16. The predicted octanol–water partition coefficient (Wildman–Crippen LogP) is 4.71. The van der Waals surface area contributed by atoms with E-state index in [1.54, 1.807) is 0 Å². The van der Waals surface area contributed by atoms with Crippen LogP contribution in [0.25, 0.3) is 0 Å². The maximum Gasteiger partial charge on any atom is 0.238 e. The summed E-state index contributed by atoms with van der Waals surface area (Å²) in [6, 6.07) is 7.64. The van der Waals surface area contributed by atoms with Crippen molar-refractivity contribution in [2.75, 3.05) is 31.6 Å². The maximum atomic E-state index is 12.0. The maximum absolute atomic E-state index is 12.0. The highest BCUT2D eigenvalue weighted by atomic mass is 16.5. The van der Waals surface area contributed by atoms with Gasteiger partial charge in [-0.2, -0.15) is 0 Å². The van der Waals surface area contributed by atoms with Crippen molar-refractivity contribution >= 4 is 11.6 Å². The SMILES string of the molecule is CCCCCCCCOc1ccc(NC(=O)CN(CC)CC)cc1. The van der Waals surface area contributed by atoms with E-state index < -0.39 is 0 Å². The Morgan fingerprint density at radius 1 is 0.958 bits per heavy atom. The topological polar surface area (TPSA) is 41.6 Å². The van der Waals surface area contributed by atoms with E-state index in [0.717, 1.165) is 37.6 Å². The van der Waals surface area contributed by atoms with E-state index in [1.807, 2.05) is 24.3 Å². The van der Waals surface area contributed by atoms with E-state index in [2.05, 4.69) is 31.0 Å². The van der Waals surface area contributed by atoms with E-state index in [0.29, 0.717) is 6.54 Å². The molecular formula is C20H34N2O2. The van der Waals surface area contributed by atoms with Crippen LogP contribution in [0.4, 0.5) is 5.69 Å². The van der Waals surface area contributed by atoms with Gasteiger partial charge < -0.3 is 10.1 Å². The molecular weight excluding hydrogens is 300 g/mol. The summed E-state index contributed by atoms with van der Waals surface area (Å²) in [5.74, 6) is 0.893. The molecule has 0 aliphatic carbocycles. The molecule has 0 unspecified atom stereocenters. The molecule has 0 aromatic heterocycles. The number of rotatable bonds is 13. The van der Waals surface area contributed by atoms with Crippen molar-refractivity contribution in [3.63, 3.8) is 0 Å². The zero-order valence-electron chi connectivity index (χ0n) is 15.6. The molecule has 4 nitrogen and oxygen atoms in total. The summed E-state index contributed by atoms with van der Waals surface area (Å²) in [5.41, 5.74) is 0.819. The lowest BCUT2D eigenvalue weighted by molar-refractivity contribution is -0.117. The van der Waals surface area contributed by atoms with Crippen molar-refractivity contribution in [1.82, 2.24) is 4.90 Å². The van der Waals surface area contributed by atoms with Crippen molar-refractivity contribution in [3.05, 3.63) is 24.3 Å². The minimum Gasteiger partial charge on any atom is -0.494 e. The average Bonchev–Trinajstić information content (AvgIpc) is 2.60. The molecule has 0 radical (unpaired) electrons. The van der Waals surface area contributed by atoms with E-state index >= 15 is 0 Å². The van der Waals surface area contributed by atoms with Gasteiger partial charge in [0.15, 0.2) is 0 Å². The van der Waals surface area contributed by atoms with Gasteiger partial charge in [0.25, 0.3) is 0 Å². The zero-order valence-corrected chi connectivity index (χ0v) is 15.6. The third kappa shape index (κ3) is 8.92. The van der Waals surface area contributed by atoms with Crippen LogP contribution in [0.1, 0.15) is 59.3 Å². The number of ether oxygens (including phenoxy) is 1. The molecule has 136 valence electrons. The number of anilines is 1. The molecule has 24 heavy (non-hydrogen) atoms. The van der Waals surface area contributed by atoms with Crippen molar-refractivity contribution in [3.8, 4) is 5.75 Å². The minimum atomic E-state index is 0.0273. The van der Waals surface area contributed by atoms with Gasteiger partial charge in [-0.1, -0.05) is 52.9 Å². The fourth-order valence-electron chi connectivity index (χ4n) is 2.56. The molecule has 0 aliphatic heterocycles. The Balaban J connectivity index is 2.24. The van der Waals surface area contributed by atoms with Crippen LogP contribution in [0, 0.1) is 0 Å². The number of likely N-dealkylation sites (N-methyl/N-ethyl adjacent to an activating group) is 1. The van der Waals surface area contributed by atoms with Gasteiger partial charge >= 0.3 is 0 Å². The average molecular weight is 335 g/mol. The number of carbonyl (C=O) groups excluding carboxylic acids is 1. The summed E-state index contributed by atoms with van der Waals surface area (Å²) >= 11 is 0. The smallest absolute Gasteiger partial charge is 0.238 e. The molecule has 0 bridgehead atoms. The van der Waals surface area contributed by atoms with Crippen molar-refractivity contribution in [2.24, 2.45) is 0 Å². The predicted molar refractivity (Wildman–Crippen MR) is 102 cm³/mol. The Morgan fingerprint density at radius 3 is 2.21 bits per heavy atom. The largest absolute Gasteiger partial charge is 0.494 e. The number of nitrogens with zero attached hydrogens (tertiary/aromatic N) is 1. The number of hydrogen-bond acceptors (Lipinski definition) is 3. The molecule has 1 aromatic rings. The lowest BCUT2D eigenvalue weighted by atomic mass is 10.1. The Morgan fingerprint density at radius 2 is 1.58 bits per heavy atom. The Bertz CT molecular complexity index is 441. The lowest BCUT2D eigenvalue weighted by Crippen LogP contribution is -2.32. The van der Waals surface area contributed by atoms with Gasteiger partial charge in [-0.3, -0.25) is 9.69 Å². The molecule has 0 heterocycles. The Labute approximate surface area is 147 Å². The molecule has 0 saturated carbocycles. The fourth-order valence-corrected chi connectivity index (χ4v) is 2.56. The van der Waals surface area contributed by atoms with Crippen LogP contribution in [-0.4, -0.2) is 37.0 Å². The molecule has 4 heteroatoms. The monoisotopic (exact) mass is 334 g/mol. The first-order valence-corrected chi connectivity index (χ1v) is 9.44.